The van der Waals surface area contributed by atoms with E-state index in [1.165, 1.54) is 5.56 Å². The Morgan fingerprint density at radius 3 is 2.69 bits per heavy atom. The second kappa shape index (κ2) is 10.5. The number of aromatic nitrogens is 1. The number of ether oxygens (including phenoxy) is 1. The van der Waals surface area contributed by atoms with Crippen LogP contribution in [0.15, 0.2) is 53.1 Å². The minimum atomic E-state index is -0.418. The van der Waals surface area contributed by atoms with Crippen molar-refractivity contribution in [2.24, 2.45) is 5.41 Å². The molecule has 1 saturated heterocycles. The van der Waals surface area contributed by atoms with Gasteiger partial charge in [-0.15, -0.1) is 0 Å². The van der Waals surface area contributed by atoms with Gasteiger partial charge in [-0.2, -0.15) is 0 Å². The summed E-state index contributed by atoms with van der Waals surface area (Å²) in [6.45, 7) is 2.11. The Labute approximate surface area is 205 Å². The number of hydrogen-bond acceptors (Lipinski definition) is 5. The predicted octanol–water partition coefficient (Wildman–Crippen LogP) is 4.29. The number of amides is 2. The van der Waals surface area contributed by atoms with Crippen molar-refractivity contribution in [3.8, 4) is 5.75 Å². The summed E-state index contributed by atoms with van der Waals surface area (Å²) >= 11 is 0. The van der Waals surface area contributed by atoms with Gasteiger partial charge in [-0.1, -0.05) is 48.3 Å². The first-order chi connectivity index (χ1) is 17.1. The fourth-order valence-corrected chi connectivity index (χ4v) is 5.42. The fraction of sp³-hybridized carbons (Fsp3) is 0.464. The van der Waals surface area contributed by atoms with Crippen LogP contribution in [0.3, 0.4) is 0 Å². The van der Waals surface area contributed by atoms with Crippen molar-refractivity contribution in [3.63, 3.8) is 0 Å². The molecule has 2 aliphatic rings. The number of benzene rings is 2. The number of carbonyl (C=O) groups excluding carboxylic acids is 2. The number of para-hydroxylation sites is 2. The van der Waals surface area contributed by atoms with Gasteiger partial charge in [0.05, 0.1) is 18.4 Å². The summed E-state index contributed by atoms with van der Waals surface area (Å²) < 4.78 is 11.3. The number of likely N-dealkylation sites (tertiary alicyclic amines) is 1. The first-order valence-corrected chi connectivity index (χ1v) is 12.7. The van der Waals surface area contributed by atoms with Crippen LogP contribution in [-0.2, 0) is 22.4 Å². The highest BCUT2D eigenvalue weighted by molar-refractivity contribution is 5.87. The highest BCUT2D eigenvalue weighted by Gasteiger charge is 2.41. The van der Waals surface area contributed by atoms with E-state index in [2.05, 4.69) is 22.6 Å². The minimum Gasteiger partial charge on any atom is -0.491 e. The summed E-state index contributed by atoms with van der Waals surface area (Å²) in [6, 6.07) is 15.8. The van der Waals surface area contributed by atoms with E-state index in [0.717, 1.165) is 43.2 Å². The third-order valence-corrected chi connectivity index (χ3v) is 7.54. The predicted molar refractivity (Wildman–Crippen MR) is 133 cm³/mol. The second-order valence-electron chi connectivity index (χ2n) is 9.74. The van der Waals surface area contributed by atoms with Crippen LogP contribution < -0.4 is 10.1 Å². The van der Waals surface area contributed by atoms with Crippen LogP contribution in [0.4, 0.5) is 0 Å². The number of rotatable bonds is 2. The average molecular weight is 476 g/mol. The van der Waals surface area contributed by atoms with E-state index in [1.807, 2.05) is 41.3 Å². The van der Waals surface area contributed by atoms with Crippen LogP contribution in [0, 0.1) is 5.41 Å². The van der Waals surface area contributed by atoms with E-state index in [-0.39, 0.29) is 18.2 Å². The largest absolute Gasteiger partial charge is 0.491 e. The lowest BCUT2D eigenvalue weighted by Gasteiger charge is -2.41. The lowest BCUT2D eigenvalue weighted by molar-refractivity contribution is -0.140. The molecule has 0 saturated carbocycles. The molecule has 2 amide bonds. The van der Waals surface area contributed by atoms with E-state index in [4.69, 9.17) is 9.26 Å². The first kappa shape index (κ1) is 23.4. The first-order valence-electron chi connectivity index (χ1n) is 12.7. The van der Waals surface area contributed by atoms with Crippen LogP contribution in [0.1, 0.15) is 49.8 Å². The van der Waals surface area contributed by atoms with Crippen LogP contribution in [0.25, 0.3) is 11.0 Å². The zero-order chi connectivity index (χ0) is 24.1. The van der Waals surface area contributed by atoms with Crippen molar-refractivity contribution in [2.75, 3.05) is 26.2 Å². The van der Waals surface area contributed by atoms with Crippen LogP contribution in [-0.4, -0.2) is 48.1 Å². The molecule has 0 radical (unpaired) electrons. The Morgan fingerprint density at radius 1 is 1.00 bits per heavy atom. The number of nitrogens with zero attached hydrogens (tertiary/aromatic N) is 2. The van der Waals surface area contributed by atoms with Crippen molar-refractivity contribution >= 4 is 22.8 Å². The molecule has 0 atom stereocenters. The van der Waals surface area contributed by atoms with Gasteiger partial charge in [-0.3, -0.25) is 9.59 Å². The number of aryl methyl sites for hydroxylation is 1. The Kier molecular flexibility index (Phi) is 7.02. The number of hydrogen-bond donors (Lipinski definition) is 1. The molecule has 3 aromatic rings. The van der Waals surface area contributed by atoms with E-state index in [9.17, 15) is 9.59 Å². The van der Waals surface area contributed by atoms with Gasteiger partial charge in [0.15, 0.2) is 5.58 Å². The van der Waals surface area contributed by atoms with E-state index in [0.29, 0.717) is 50.4 Å². The maximum Gasteiger partial charge on any atom is 0.228 e. The standard InChI is InChI=1S/C28H33N3O4/c32-26(20-23-22-10-4-6-12-25(22)35-30-23)31-17-14-28(15-18-31)13-7-1-2-8-21-9-3-5-11-24(21)34-19-16-29-27(28)33/h3-6,9-12H,1-2,7-8,13-20H2,(H,29,33). The third kappa shape index (κ3) is 5.19. The van der Waals surface area contributed by atoms with Crippen molar-refractivity contribution < 1.29 is 18.8 Å². The summed E-state index contributed by atoms with van der Waals surface area (Å²) in [5, 5.41) is 8.11. The maximum atomic E-state index is 13.3. The normalized spacial score (nSPS) is 19.1. The molecule has 1 fully saturated rings. The summed E-state index contributed by atoms with van der Waals surface area (Å²) in [5.41, 5.74) is 2.19. The molecule has 1 aromatic heterocycles. The molecule has 184 valence electrons. The topological polar surface area (TPSA) is 84.7 Å². The molecule has 35 heavy (non-hydrogen) atoms. The van der Waals surface area contributed by atoms with Gasteiger partial charge < -0.3 is 19.5 Å². The monoisotopic (exact) mass is 475 g/mol. The fourth-order valence-electron chi connectivity index (χ4n) is 5.42. The number of nitrogens with one attached hydrogen (secondary N) is 1. The minimum absolute atomic E-state index is 0.0371. The van der Waals surface area contributed by atoms with Crippen molar-refractivity contribution in [2.45, 2.75) is 51.4 Å². The molecule has 0 unspecified atom stereocenters. The number of carbonyl (C=O) groups is 2. The van der Waals surface area contributed by atoms with Gasteiger partial charge in [-0.25, -0.2) is 0 Å². The van der Waals surface area contributed by atoms with E-state index < -0.39 is 5.41 Å². The van der Waals surface area contributed by atoms with Crippen LogP contribution in [0.2, 0.25) is 0 Å². The third-order valence-electron chi connectivity index (χ3n) is 7.54. The highest BCUT2D eigenvalue weighted by Crippen LogP contribution is 2.38. The summed E-state index contributed by atoms with van der Waals surface area (Å²) in [6.07, 6.45) is 6.60. The zero-order valence-corrected chi connectivity index (χ0v) is 20.1. The van der Waals surface area contributed by atoms with Crippen molar-refractivity contribution in [1.82, 2.24) is 15.4 Å². The Hall–Kier alpha value is -3.35. The lowest BCUT2D eigenvalue weighted by Crippen LogP contribution is -2.51. The maximum absolute atomic E-state index is 13.3. The van der Waals surface area contributed by atoms with Crippen molar-refractivity contribution in [3.05, 3.63) is 59.8 Å². The smallest absolute Gasteiger partial charge is 0.228 e. The molecule has 1 N–H and O–H groups in total. The molecular formula is C28H33N3O4. The average Bonchev–Trinajstić information content (AvgIpc) is 3.30. The van der Waals surface area contributed by atoms with Gasteiger partial charge >= 0.3 is 0 Å². The second-order valence-corrected chi connectivity index (χ2v) is 9.74. The highest BCUT2D eigenvalue weighted by atomic mass is 16.5. The Balaban J connectivity index is 1.21. The van der Waals surface area contributed by atoms with Crippen molar-refractivity contribution in [1.29, 1.82) is 0 Å². The molecular weight excluding hydrogens is 442 g/mol. The number of piperidine rings is 1. The van der Waals surface area contributed by atoms with Crippen LogP contribution in [0.5, 0.6) is 5.75 Å². The van der Waals surface area contributed by atoms with Gasteiger partial charge in [0, 0.05) is 18.5 Å². The lowest BCUT2D eigenvalue weighted by atomic mass is 9.73. The Bertz CT molecular complexity index is 1180. The van der Waals surface area contributed by atoms with Gasteiger partial charge in [0.1, 0.15) is 18.1 Å². The van der Waals surface area contributed by atoms with Gasteiger partial charge in [-0.05, 0) is 55.9 Å². The van der Waals surface area contributed by atoms with Crippen LogP contribution >= 0.6 is 0 Å². The molecule has 3 heterocycles. The molecule has 2 aliphatic heterocycles. The SMILES string of the molecule is O=C(Cc1noc2ccccc12)N1CCC2(CCCCCc3ccccc3OCCNC2=O)CC1. The molecule has 7 nitrogen and oxygen atoms in total. The number of fused-ring (bicyclic) bond motifs is 2. The molecule has 1 spiro atoms. The molecule has 5 rings (SSSR count). The summed E-state index contributed by atoms with van der Waals surface area (Å²) in [5.74, 6) is 1.06. The molecule has 0 aliphatic carbocycles. The summed E-state index contributed by atoms with van der Waals surface area (Å²) in [7, 11) is 0. The van der Waals surface area contributed by atoms with E-state index >= 15 is 0 Å². The molecule has 7 heteroatoms. The molecule has 2 aromatic carbocycles. The van der Waals surface area contributed by atoms with Gasteiger partial charge in [0.2, 0.25) is 11.8 Å². The van der Waals surface area contributed by atoms with Gasteiger partial charge in [0.25, 0.3) is 0 Å². The summed E-state index contributed by atoms with van der Waals surface area (Å²) in [4.78, 5) is 28.2. The molecule has 0 bridgehead atoms. The van der Waals surface area contributed by atoms with E-state index in [1.54, 1.807) is 0 Å². The zero-order valence-electron chi connectivity index (χ0n) is 20.1. The quantitative estimate of drug-likeness (QED) is 0.598. The Morgan fingerprint density at radius 2 is 1.80 bits per heavy atom.